The molecule has 3 atom stereocenters. The Kier molecular flexibility index (Phi) is 15.8. The maximum Gasteiger partial charge on any atom is 0.315 e. The molecule has 3 aliphatic rings. The van der Waals surface area contributed by atoms with Crippen LogP contribution in [0.4, 0.5) is 4.79 Å². The Morgan fingerprint density at radius 3 is 2.21 bits per heavy atom. The predicted molar refractivity (Wildman–Crippen MR) is 165 cm³/mol. The van der Waals surface area contributed by atoms with E-state index >= 15 is 0 Å². The van der Waals surface area contributed by atoms with E-state index in [4.69, 9.17) is 14.2 Å². The van der Waals surface area contributed by atoms with Gasteiger partial charge in [0.05, 0.1) is 45.7 Å². The van der Waals surface area contributed by atoms with E-state index in [1.807, 2.05) is 6.92 Å². The van der Waals surface area contributed by atoms with Crippen molar-refractivity contribution >= 4 is 11.9 Å². The molecular weight excluding hydrogens is 536 g/mol. The minimum absolute atomic E-state index is 0.0615. The Morgan fingerprint density at radius 1 is 0.905 bits per heavy atom. The molecule has 0 aromatic heterocycles. The van der Waals surface area contributed by atoms with Gasteiger partial charge in [-0.1, -0.05) is 59.3 Å². The first-order valence-corrected chi connectivity index (χ1v) is 16.6. The third kappa shape index (κ3) is 13.0. The molecule has 2 aliphatic heterocycles. The molecule has 2 saturated heterocycles. The summed E-state index contributed by atoms with van der Waals surface area (Å²) in [6.07, 6.45) is 12.3. The fraction of sp³-hybridized carbons (Fsp3) is 0.935. The van der Waals surface area contributed by atoms with Gasteiger partial charge in [0.1, 0.15) is 0 Å². The topological polar surface area (TPSA) is 116 Å². The smallest absolute Gasteiger partial charge is 0.315 e. The van der Waals surface area contributed by atoms with Crippen LogP contribution in [0.1, 0.15) is 98.3 Å². The van der Waals surface area contributed by atoms with Crippen LogP contribution in [0.15, 0.2) is 0 Å². The Morgan fingerprint density at radius 2 is 1.57 bits per heavy atom. The lowest BCUT2D eigenvalue weighted by molar-refractivity contribution is -0.121. The van der Waals surface area contributed by atoms with Crippen LogP contribution in [0, 0.1) is 5.41 Å². The minimum atomic E-state index is -0.0820. The number of nitrogens with one attached hydrogen (secondary N) is 4. The lowest BCUT2D eigenvalue weighted by Gasteiger charge is -2.38. The van der Waals surface area contributed by atoms with E-state index < -0.39 is 0 Å². The number of hydrogen-bond acceptors (Lipinski definition) is 8. The molecule has 244 valence electrons. The molecule has 0 radical (unpaired) electrons. The van der Waals surface area contributed by atoms with Crippen LogP contribution in [-0.4, -0.2) is 105 Å². The fourth-order valence-electron chi connectivity index (χ4n) is 6.13. The zero-order valence-corrected chi connectivity index (χ0v) is 26.9. The van der Waals surface area contributed by atoms with E-state index in [1.165, 1.54) is 38.5 Å². The highest BCUT2D eigenvalue weighted by atomic mass is 16.5. The van der Waals surface area contributed by atoms with E-state index in [-0.39, 0.29) is 29.4 Å². The summed E-state index contributed by atoms with van der Waals surface area (Å²) in [4.78, 5) is 23.3. The molecular formula is C31H60N6O5. The summed E-state index contributed by atoms with van der Waals surface area (Å²) >= 11 is 0. The molecule has 0 bridgehead atoms. The number of unbranched alkanes of at least 4 members (excludes halogenated alkanes) is 2. The van der Waals surface area contributed by atoms with Crippen molar-refractivity contribution in [3.63, 3.8) is 0 Å². The maximum absolute atomic E-state index is 12.0. The summed E-state index contributed by atoms with van der Waals surface area (Å²) in [5.74, 6) is 0.0615. The quantitative estimate of drug-likeness (QED) is 0.133. The van der Waals surface area contributed by atoms with E-state index in [0.717, 1.165) is 38.8 Å². The summed E-state index contributed by atoms with van der Waals surface area (Å²) < 4.78 is 17.0. The third-order valence-electron chi connectivity index (χ3n) is 8.72. The van der Waals surface area contributed by atoms with E-state index in [1.54, 1.807) is 0 Å². The highest BCUT2D eigenvalue weighted by Gasteiger charge is 2.41. The molecule has 1 unspecified atom stereocenters. The first-order chi connectivity index (χ1) is 20.2. The van der Waals surface area contributed by atoms with E-state index in [2.05, 4.69) is 52.3 Å². The molecule has 3 rings (SSSR count). The monoisotopic (exact) mass is 596 g/mol. The van der Waals surface area contributed by atoms with Crippen LogP contribution in [-0.2, 0) is 19.0 Å². The largest absolute Gasteiger partial charge is 0.378 e. The van der Waals surface area contributed by atoms with Gasteiger partial charge in [0.25, 0.3) is 0 Å². The Labute approximate surface area is 254 Å². The van der Waals surface area contributed by atoms with Crippen LogP contribution in [0.2, 0.25) is 0 Å². The van der Waals surface area contributed by atoms with Crippen LogP contribution < -0.4 is 21.5 Å². The third-order valence-corrected chi connectivity index (χ3v) is 8.72. The van der Waals surface area contributed by atoms with Gasteiger partial charge in [0.2, 0.25) is 5.91 Å². The highest BCUT2D eigenvalue weighted by molar-refractivity contribution is 5.77. The number of rotatable bonds is 19. The van der Waals surface area contributed by atoms with Crippen molar-refractivity contribution in [2.24, 2.45) is 5.41 Å². The molecule has 11 nitrogen and oxygen atoms in total. The van der Waals surface area contributed by atoms with Crippen LogP contribution in [0.5, 0.6) is 0 Å². The van der Waals surface area contributed by atoms with E-state index in [9.17, 15) is 9.59 Å². The predicted octanol–water partition coefficient (Wildman–Crippen LogP) is 3.35. The molecule has 1 saturated carbocycles. The first kappa shape index (κ1) is 35.0. The second-order valence-corrected chi connectivity index (χ2v) is 13.3. The SMILES string of the molecule is C[C@@H]1NC(=O)N[C@@H]1CCCCCC(=O)NCCOCCOCCOCCN1CC(C(C)(C)C)N(C2CCCCCC2)N1. The normalized spacial score (nSPS) is 24.5. The summed E-state index contributed by atoms with van der Waals surface area (Å²) in [6.45, 7) is 14.8. The lowest BCUT2D eigenvalue weighted by Crippen LogP contribution is -2.51. The number of ether oxygens (including phenoxy) is 3. The zero-order chi connectivity index (χ0) is 30.2. The van der Waals surface area contributed by atoms with Crippen molar-refractivity contribution in [1.29, 1.82) is 0 Å². The molecule has 11 heteroatoms. The summed E-state index contributed by atoms with van der Waals surface area (Å²) in [5, 5.41) is 13.6. The van der Waals surface area contributed by atoms with Crippen molar-refractivity contribution in [2.75, 3.05) is 59.3 Å². The van der Waals surface area contributed by atoms with Gasteiger partial charge >= 0.3 is 6.03 Å². The van der Waals surface area contributed by atoms with Crippen LogP contribution >= 0.6 is 0 Å². The molecule has 2 heterocycles. The van der Waals surface area contributed by atoms with E-state index in [0.29, 0.717) is 64.7 Å². The van der Waals surface area contributed by atoms with Gasteiger partial charge in [-0.15, -0.1) is 0 Å². The fourth-order valence-corrected chi connectivity index (χ4v) is 6.13. The number of urea groups is 1. The van der Waals surface area contributed by atoms with Crippen molar-refractivity contribution in [3.05, 3.63) is 0 Å². The number of carbonyl (C=O) groups is 2. The molecule has 4 N–H and O–H groups in total. The number of hydrazine groups is 2. The molecule has 42 heavy (non-hydrogen) atoms. The molecule has 3 fully saturated rings. The van der Waals surface area contributed by atoms with Gasteiger partial charge in [-0.05, 0) is 38.0 Å². The number of hydrogen-bond donors (Lipinski definition) is 4. The minimum Gasteiger partial charge on any atom is -0.378 e. The summed E-state index contributed by atoms with van der Waals surface area (Å²) in [7, 11) is 0. The first-order valence-electron chi connectivity index (χ1n) is 16.6. The van der Waals surface area contributed by atoms with Crippen LogP contribution in [0.25, 0.3) is 0 Å². The zero-order valence-electron chi connectivity index (χ0n) is 26.9. The molecule has 3 amide bonds. The molecule has 1 aliphatic carbocycles. The molecule has 0 aromatic carbocycles. The Balaban J connectivity index is 1.10. The van der Waals surface area contributed by atoms with Gasteiger partial charge in [0.15, 0.2) is 0 Å². The maximum atomic E-state index is 12.0. The van der Waals surface area contributed by atoms with Crippen LogP contribution in [0.3, 0.4) is 0 Å². The molecule has 0 spiro atoms. The van der Waals surface area contributed by atoms with Crippen molar-refractivity contribution in [3.8, 4) is 0 Å². The van der Waals surface area contributed by atoms with Gasteiger partial charge in [-0.3, -0.25) is 4.79 Å². The lowest BCUT2D eigenvalue weighted by atomic mass is 9.85. The average molecular weight is 597 g/mol. The summed E-state index contributed by atoms with van der Waals surface area (Å²) in [5.41, 5.74) is 3.94. The Hall–Kier alpha value is -1.50. The second kappa shape index (κ2) is 19.0. The summed E-state index contributed by atoms with van der Waals surface area (Å²) in [6, 6.07) is 1.42. The number of amides is 3. The van der Waals surface area contributed by atoms with Gasteiger partial charge in [-0.2, -0.15) is 5.53 Å². The Bertz CT molecular complexity index is 773. The van der Waals surface area contributed by atoms with Gasteiger partial charge in [0, 0.05) is 44.2 Å². The van der Waals surface area contributed by atoms with Crippen molar-refractivity contribution in [1.82, 2.24) is 31.5 Å². The van der Waals surface area contributed by atoms with Crippen molar-refractivity contribution in [2.45, 2.75) is 122 Å². The van der Waals surface area contributed by atoms with Gasteiger partial charge < -0.3 is 30.2 Å². The average Bonchev–Trinajstić information content (AvgIpc) is 3.39. The molecule has 0 aromatic rings. The number of carbonyl (C=O) groups excluding carboxylic acids is 2. The standard InChI is InChI=1S/C31H60N6O5/c1-25-27(34-30(39)33-25)14-10-7-11-15-29(38)32-16-18-40-20-22-42-23-21-41-19-17-36-24-28(31(2,3)4)37(35-36)26-12-8-5-6-9-13-26/h25-28,35H,5-24H2,1-4H3,(H,32,38)(H2,33,34,39)/t25-,27+,28?/m0/s1. The van der Waals surface area contributed by atoms with Crippen molar-refractivity contribution < 1.29 is 23.8 Å². The van der Waals surface area contributed by atoms with Gasteiger partial charge in [-0.25, -0.2) is 14.8 Å². The second-order valence-electron chi connectivity index (χ2n) is 13.3. The highest BCUT2D eigenvalue weighted by Crippen LogP contribution is 2.32. The number of nitrogens with zero attached hydrogens (tertiary/aromatic N) is 2.